The number of imidazole rings is 1. The van der Waals surface area contributed by atoms with Crippen LogP contribution in [0.15, 0.2) is 65.5 Å². The van der Waals surface area contributed by atoms with Gasteiger partial charge in [0, 0.05) is 52.7 Å². The minimum Gasteiger partial charge on any atom is -0.381 e. The van der Waals surface area contributed by atoms with E-state index in [2.05, 4.69) is 22.8 Å². The molecule has 0 radical (unpaired) electrons. The van der Waals surface area contributed by atoms with Crippen molar-refractivity contribution in [1.29, 1.82) is 0 Å². The number of benzene rings is 3. The fourth-order valence-electron chi connectivity index (χ4n) is 9.53. The summed E-state index contributed by atoms with van der Waals surface area (Å²) in [6.07, 6.45) is 9.78. The number of rotatable bonds is 25. The number of aromatic nitrogens is 2. The molecule has 5 atom stereocenters. The smallest absolute Gasteiger partial charge is 0.329 e. The van der Waals surface area contributed by atoms with Gasteiger partial charge in [-0.2, -0.15) is 0 Å². The molecule has 1 aromatic heterocycles. The quantitative estimate of drug-likeness (QED) is 0.0544. The summed E-state index contributed by atoms with van der Waals surface area (Å²) in [5.41, 5.74) is 19.0. The van der Waals surface area contributed by atoms with E-state index in [1.165, 1.54) is 10.1 Å². The topological polar surface area (TPSA) is 219 Å². The van der Waals surface area contributed by atoms with Gasteiger partial charge in [0.25, 0.3) is 0 Å². The van der Waals surface area contributed by atoms with Crippen molar-refractivity contribution in [3.63, 3.8) is 0 Å². The van der Waals surface area contributed by atoms with Gasteiger partial charge in [-0.25, -0.2) is 4.79 Å². The number of unbranched alkanes of at least 4 members (excludes halogenated alkanes) is 3. The number of amides is 5. The Morgan fingerprint density at radius 3 is 2.16 bits per heavy atom. The van der Waals surface area contributed by atoms with E-state index in [1.807, 2.05) is 55.5 Å². The number of carbonyl (C=O) groups excluding carboxylic acids is 5. The first kappa shape index (κ1) is 49.2. The van der Waals surface area contributed by atoms with Gasteiger partial charge in [0.1, 0.15) is 12.1 Å². The van der Waals surface area contributed by atoms with Crippen molar-refractivity contribution in [3.05, 3.63) is 99.0 Å². The molecule has 3 aromatic carbocycles. The van der Waals surface area contributed by atoms with Crippen LogP contribution in [0.3, 0.4) is 0 Å². The van der Waals surface area contributed by atoms with Crippen LogP contribution >= 0.6 is 0 Å². The highest BCUT2D eigenvalue weighted by atomic mass is 16.5. The van der Waals surface area contributed by atoms with Crippen molar-refractivity contribution in [2.24, 2.45) is 18.5 Å². The second-order valence-electron chi connectivity index (χ2n) is 18.3. The van der Waals surface area contributed by atoms with Crippen molar-refractivity contribution in [2.75, 3.05) is 31.3 Å². The molecule has 16 nitrogen and oxygen atoms in total. The Bertz CT molecular complexity index is 2450. The molecule has 0 spiro atoms. The van der Waals surface area contributed by atoms with E-state index in [9.17, 15) is 28.8 Å². The fraction of sp³-hybridized carbons (Fsp3) is 0.529. The first-order valence-corrected chi connectivity index (χ1v) is 24.1. The van der Waals surface area contributed by atoms with Crippen LogP contribution in [-0.4, -0.2) is 89.3 Å². The number of primary amides is 1. The molecule has 0 bridgehead atoms. The largest absolute Gasteiger partial charge is 0.381 e. The standard InChI is InChI=1S/C51H67N7O9/c1-33(40(21-24-45(53)59)54-49(62)44-31-38-13-7-12-37-19-20-39(52)50(63)58(44)47(37)38)67-32-36-16-14-34(15-17-36)10-8-28-65-26-5-3-4-6-27-66-29-9-11-35-18-22-41-43(30-35)56(2)51(64)57(41)42-23-25-46(60)55-48(42)61/h7,12-18,22,30,33,39-40,42,44H,3-6,8-11,19-21,23-29,31-32,52H2,1-2H3,(H2,53,59)(H,54,62)(H,55,60,61)/t33-,39+,40+,42?,44+/m1/s1. The lowest BCUT2D eigenvalue weighted by Crippen LogP contribution is -2.55. The number of nitrogens with one attached hydrogen (secondary N) is 2. The average Bonchev–Trinajstić information content (AvgIpc) is 3.79. The van der Waals surface area contributed by atoms with Crippen LogP contribution in [0.1, 0.15) is 111 Å². The van der Waals surface area contributed by atoms with Crippen LogP contribution in [-0.2, 0) is 77.5 Å². The van der Waals surface area contributed by atoms with E-state index in [4.69, 9.17) is 25.7 Å². The van der Waals surface area contributed by atoms with Gasteiger partial charge in [-0.05, 0) is 111 Å². The van der Waals surface area contributed by atoms with Crippen molar-refractivity contribution in [1.82, 2.24) is 19.8 Å². The fourth-order valence-corrected chi connectivity index (χ4v) is 9.53. The maximum atomic E-state index is 13.8. The second-order valence-corrected chi connectivity index (χ2v) is 18.3. The molecule has 3 aliphatic rings. The summed E-state index contributed by atoms with van der Waals surface area (Å²) in [6, 6.07) is 17.5. The van der Waals surface area contributed by atoms with Crippen LogP contribution in [0.2, 0.25) is 0 Å². The number of fused-ring (bicyclic) bond motifs is 1. The normalized spacial score (nSPS) is 19.0. The number of nitrogens with two attached hydrogens (primary N) is 2. The third kappa shape index (κ3) is 12.5. The number of anilines is 1. The lowest BCUT2D eigenvalue weighted by Gasteiger charge is -2.30. The Morgan fingerprint density at radius 1 is 0.806 bits per heavy atom. The number of carbonyl (C=O) groups is 5. The maximum Gasteiger partial charge on any atom is 0.329 e. The zero-order valence-corrected chi connectivity index (χ0v) is 39.0. The first-order valence-electron chi connectivity index (χ1n) is 24.1. The molecule has 5 amide bonds. The molecule has 0 aliphatic carbocycles. The van der Waals surface area contributed by atoms with Crippen LogP contribution in [0, 0.1) is 0 Å². The summed E-state index contributed by atoms with van der Waals surface area (Å²) in [7, 11) is 1.71. The summed E-state index contributed by atoms with van der Waals surface area (Å²) >= 11 is 0. The Labute approximate surface area is 392 Å². The third-order valence-electron chi connectivity index (χ3n) is 13.4. The molecule has 360 valence electrons. The van der Waals surface area contributed by atoms with Gasteiger partial charge in [0.05, 0.1) is 41.5 Å². The lowest BCUT2D eigenvalue weighted by molar-refractivity contribution is -0.135. The molecule has 16 heteroatoms. The number of nitrogens with zero attached hydrogens (tertiary/aromatic N) is 3. The highest BCUT2D eigenvalue weighted by Crippen LogP contribution is 2.39. The molecule has 7 rings (SSSR count). The summed E-state index contributed by atoms with van der Waals surface area (Å²) < 4.78 is 21.1. The van der Waals surface area contributed by atoms with Crippen molar-refractivity contribution in [3.8, 4) is 0 Å². The van der Waals surface area contributed by atoms with Crippen LogP contribution in [0.4, 0.5) is 5.69 Å². The number of imide groups is 1. The van der Waals surface area contributed by atoms with E-state index in [-0.39, 0.29) is 36.3 Å². The Morgan fingerprint density at radius 2 is 1.46 bits per heavy atom. The van der Waals surface area contributed by atoms with E-state index < -0.39 is 42.1 Å². The second kappa shape index (κ2) is 23.4. The number of piperidine rings is 1. The van der Waals surface area contributed by atoms with Gasteiger partial charge in [-0.1, -0.05) is 61.4 Å². The number of aryl methyl sites for hydroxylation is 4. The molecule has 1 unspecified atom stereocenters. The van der Waals surface area contributed by atoms with E-state index in [0.29, 0.717) is 57.4 Å². The van der Waals surface area contributed by atoms with Crippen molar-refractivity contribution < 1.29 is 38.2 Å². The predicted octanol–water partition coefficient (Wildman–Crippen LogP) is 4.36. The van der Waals surface area contributed by atoms with Gasteiger partial charge in [0.15, 0.2) is 0 Å². The van der Waals surface area contributed by atoms with Crippen LogP contribution in [0.25, 0.3) is 11.0 Å². The van der Waals surface area contributed by atoms with Crippen LogP contribution in [0.5, 0.6) is 0 Å². The Kier molecular flexibility index (Phi) is 17.2. The van der Waals surface area contributed by atoms with Gasteiger partial charge in [0.2, 0.25) is 29.5 Å². The zero-order chi connectivity index (χ0) is 47.5. The van der Waals surface area contributed by atoms with E-state index >= 15 is 0 Å². The minimum absolute atomic E-state index is 0.0839. The molecule has 6 N–H and O–H groups in total. The molecule has 4 aromatic rings. The van der Waals surface area contributed by atoms with E-state index in [0.717, 1.165) is 98.0 Å². The maximum absolute atomic E-state index is 13.8. The SMILES string of the molecule is C[C@@H](OCc1ccc(CCCOCCCCCCOCCCc2ccc3c(c2)n(C)c(=O)n3C2CCC(=O)NC2=O)cc1)[C@H](CCC(N)=O)NC(=O)[C@@H]1Cc2cccc3c2N1C(=O)[C@@H](N)CC3. The summed E-state index contributed by atoms with van der Waals surface area (Å²) in [6.45, 7) is 5.02. The highest BCUT2D eigenvalue weighted by Gasteiger charge is 2.43. The molecule has 67 heavy (non-hydrogen) atoms. The highest BCUT2D eigenvalue weighted by molar-refractivity contribution is 6.07. The first-order chi connectivity index (χ1) is 32.4. The summed E-state index contributed by atoms with van der Waals surface area (Å²) in [5, 5.41) is 5.44. The Hall–Kier alpha value is -5.68. The molecule has 4 heterocycles. The minimum atomic E-state index is -0.732. The molecule has 0 saturated carbocycles. The van der Waals surface area contributed by atoms with Crippen molar-refractivity contribution >= 4 is 46.3 Å². The number of hydrogen-bond acceptors (Lipinski definition) is 10. The third-order valence-corrected chi connectivity index (χ3v) is 13.4. The Balaban J connectivity index is 0.732. The van der Waals surface area contributed by atoms with E-state index in [1.54, 1.807) is 16.5 Å². The number of para-hydroxylation sites is 1. The van der Waals surface area contributed by atoms with Gasteiger partial charge >= 0.3 is 5.69 Å². The van der Waals surface area contributed by atoms with Crippen LogP contribution < -0.4 is 32.7 Å². The lowest BCUT2D eigenvalue weighted by atomic mass is 10.0. The van der Waals surface area contributed by atoms with Crippen molar-refractivity contribution in [2.45, 2.75) is 140 Å². The number of hydrogen-bond donors (Lipinski definition) is 4. The molecular weight excluding hydrogens is 855 g/mol. The molecular formula is C51H67N7O9. The van der Waals surface area contributed by atoms with Gasteiger partial charge < -0.3 is 31.0 Å². The van der Waals surface area contributed by atoms with Gasteiger partial charge in [-0.3, -0.25) is 43.3 Å². The molecule has 3 aliphatic heterocycles. The molecule has 1 saturated heterocycles. The molecule has 1 fully saturated rings. The summed E-state index contributed by atoms with van der Waals surface area (Å²) in [4.78, 5) is 77.7. The monoisotopic (exact) mass is 922 g/mol. The summed E-state index contributed by atoms with van der Waals surface area (Å²) in [5.74, 6) is -1.75. The predicted molar refractivity (Wildman–Crippen MR) is 254 cm³/mol. The number of ether oxygens (including phenoxy) is 3. The van der Waals surface area contributed by atoms with Gasteiger partial charge in [-0.15, -0.1) is 0 Å². The zero-order valence-electron chi connectivity index (χ0n) is 39.0. The average molecular weight is 922 g/mol.